The number of esters is 1. The first-order valence-electron chi connectivity index (χ1n) is 7.30. The van der Waals surface area contributed by atoms with Crippen molar-refractivity contribution in [3.63, 3.8) is 0 Å². The zero-order valence-electron chi connectivity index (χ0n) is 12.4. The molecule has 0 amide bonds. The van der Waals surface area contributed by atoms with Gasteiger partial charge in [-0.15, -0.1) is 0 Å². The van der Waals surface area contributed by atoms with Crippen molar-refractivity contribution in [3.05, 3.63) is 12.2 Å². The zero-order chi connectivity index (χ0) is 14.3. The van der Waals surface area contributed by atoms with E-state index >= 15 is 0 Å². The Kier molecular flexibility index (Phi) is 3.78. The molecule has 2 saturated carbocycles. The predicted octanol–water partition coefficient (Wildman–Crippen LogP) is 3.07. The minimum absolute atomic E-state index is 0.162. The predicted molar refractivity (Wildman–Crippen MR) is 74.6 cm³/mol. The summed E-state index contributed by atoms with van der Waals surface area (Å²) in [4.78, 5) is 11.6. The first-order chi connectivity index (χ1) is 8.80. The highest BCUT2D eigenvalue weighted by molar-refractivity contribution is 5.88. The molecule has 2 rings (SSSR count). The Labute approximate surface area is 116 Å². The van der Waals surface area contributed by atoms with E-state index in [1.807, 2.05) is 6.92 Å². The van der Waals surface area contributed by atoms with Crippen molar-refractivity contribution in [2.45, 2.75) is 58.0 Å². The third-order valence-corrected chi connectivity index (χ3v) is 5.55. The number of rotatable bonds is 2. The van der Waals surface area contributed by atoms with Crippen LogP contribution in [-0.4, -0.2) is 23.8 Å². The van der Waals surface area contributed by atoms with E-state index in [2.05, 4.69) is 13.5 Å². The fourth-order valence-electron chi connectivity index (χ4n) is 4.31. The second-order valence-electron chi connectivity index (χ2n) is 6.91. The molecule has 0 aromatic carbocycles. The Morgan fingerprint density at radius 3 is 2.63 bits per heavy atom. The summed E-state index contributed by atoms with van der Waals surface area (Å²) < 4.78 is 4.78. The number of methoxy groups -OCH3 is 1. The van der Waals surface area contributed by atoms with Crippen LogP contribution in [0.3, 0.4) is 0 Å². The Balaban J connectivity index is 2.16. The minimum Gasteiger partial charge on any atom is -0.466 e. The maximum absolute atomic E-state index is 11.6. The largest absolute Gasteiger partial charge is 0.466 e. The standard InChI is InChI=1S/C16H26O3/c1-11(14(17)19-4)12-6-9-15(2)7-5-8-16(3,18)13(15)10-12/h12-13,18H,1,5-10H2,2-4H3/t12-,13-,15-,16-/m1/s1. The molecule has 1 N–H and O–H groups in total. The number of carbonyl (C=O) groups is 1. The van der Waals surface area contributed by atoms with E-state index in [-0.39, 0.29) is 23.2 Å². The molecule has 0 heterocycles. The number of carbonyl (C=O) groups excluding carboxylic acids is 1. The lowest BCUT2D eigenvalue weighted by molar-refractivity contribution is -0.140. The number of ether oxygens (including phenoxy) is 1. The van der Waals surface area contributed by atoms with Crippen molar-refractivity contribution in [2.24, 2.45) is 17.3 Å². The highest BCUT2D eigenvalue weighted by Gasteiger charge is 2.51. The van der Waals surface area contributed by atoms with Gasteiger partial charge in [-0.25, -0.2) is 4.79 Å². The van der Waals surface area contributed by atoms with E-state index < -0.39 is 5.60 Å². The van der Waals surface area contributed by atoms with Gasteiger partial charge in [-0.3, -0.25) is 0 Å². The lowest BCUT2D eigenvalue weighted by Gasteiger charge is -2.54. The highest BCUT2D eigenvalue weighted by atomic mass is 16.5. The molecule has 4 atom stereocenters. The summed E-state index contributed by atoms with van der Waals surface area (Å²) in [6.45, 7) is 8.15. The van der Waals surface area contributed by atoms with Crippen LogP contribution in [0.4, 0.5) is 0 Å². The Bertz CT molecular complexity index is 385. The van der Waals surface area contributed by atoms with Gasteiger partial charge in [-0.05, 0) is 56.3 Å². The molecule has 0 aromatic heterocycles. The van der Waals surface area contributed by atoms with E-state index in [4.69, 9.17) is 4.74 Å². The number of fused-ring (bicyclic) bond motifs is 1. The van der Waals surface area contributed by atoms with Crippen molar-refractivity contribution in [1.82, 2.24) is 0 Å². The highest BCUT2D eigenvalue weighted by Crippen LogP contribution is 2.56. The average Bonchev–Trinajstić information content (AvgIpc) is 2.36. The van der Waals surface area contributed by atoms with Gasteiger partial charge >= 0.3 is 5.97 Å². The molecule has 2 aliphatic rings. The molecule has 0 radical (unpaired) electrons. The third-order valence-electron chi connectivity index (χ3n) is 5.55. The van der Waals surface area contributed by atoms with Crippen LogP contribution in [0.2, 0.25) is 0 Å². The van der Waals surface area contributed by atoms with Crippen molar-refractivity contribution < 1.29 is 14.6 Å². The average molecular weight is 266 g/mol. The summed E-state index contributed by atoms with van der Waals surface area (Å²) >= 11 is 0. The van der Waals surface area contributed by atoms with Crippen LogP contribution in [0.1, 0.15) is 52.4 Å². The van der Waals surface area contributed by atoms with Crippen molar-refractivity contribution in [1.29, 1.82) is 0 Å². The molecule has 108 valence electrons. The molecule has 0 saturated heterocycles. The lowest BCUT2D eigenvalue weighted by Crippen LogP contribution is -2.51. The molecule has 3 nitrogen and oxygen atoms in total. The van der Waals surface area contributed by atoms with Crippen LogP contribution >= 0.6 is 0 Å². The maximum atomic E-state index is 11.6. The van der Waals surface area contributed by atoms with E-state index in [1.54, 1.807) is 0 Å². The van der Waals surface area contributed by atoms with Crippen LogP contribution in [0.15, 0.2) is 12.2 Å². The fraction of sp³-hybridized carbons (Fsp3) is 0.812. The molecule has 3 heteroatoms. The second kappa shape index (κ2) is 4.93. The van der Waals surface area contributed by atoms with Crippen molar-refractivity contribution in [2.75, 3.05) is 7.11 Å². The van der Waals surface area contributed by atoms with Gasteiger partial charge in [0.15, 0.2) is 0 Å². The van der Waals surface area contributed by atoms with Gasteiger partial charge in [0, 0.05) is 5.57 Å². The first kappa shape index (κ1) is 14.6. The molecule has 0 aromatic rings. The molecule has 0 unspecified atom stereocenters. The first-order valence-corrected chi connectivity index (χ1v) is 7.30. The van der Waals surface area contributed by atoms with Gasteiger partial charge in [0.2, 0.25) is 0 Å². The maximum Gasteiger partial charge on any atom is 0.333 e. The molecular formula is C16H26O3. The number of hydrogen-bond acceptors (Lipinski definition) is 3. The summed E-state index contributed by atoms with van der Waals surface area (Å²) in [5.74, 6) is 0.119. The molecule has 2 fully saturated rings. The quantitative estimate of drug-likeness (QED) is 0.617. The van der Waals surface area contributed by atoms with Gasteiger partial charge in [-0.1, -0.05) is 19.9 Å². The van der Waals surface area contributed by atoms with E-state index in [9.17, 15) is 9.90 Å². The van der Waals surface area contributed by atoms with Gasteiger partial charge < -0.3 is 9.84 Å². The fourth-order valence-corrected chi connectivity index (χ4v) is 4.31. The van der Waals surface area contributed by atoms with E-state index in [1.165, 1.54) is 13.5 Å². The number of aliphatic hydroxyl groups is 1. The van der Waals surface area contributed by atoms with Crippen molar-refractivity contribution >= 4 is 5.97 Å². The SMILES string of the molecule is C=C(C(=O)OC)[C@@H]1CC[C@@]2(C)CCC[C@@](C)(O)[C@@H]2C1. The van der Waals surface area contributed by atoms with Crippen molar-refractivity contribution in [3.8, 4) is 0 Å². The van der Waals surface area contributed by atoms with E-state index in [0.717, 1.165) is 32.1 Å². The summed E-state index contributed by atoms with van der Waals surface area (Å²) in [7, 11) is 1.40. The lowest BCUT2D eigenvalue weighted by atomic mass is 9.53. The molecule has 19 heavy (non-hydrogen) atoms. The van der Waals surface area contributed by atoms with Crippen LogP contribution in [-0.2, 0) is 9.53 Å². The van der Waals surface area contributed by atoms with E-state index in [0.29, 0.717) is 5.57 Å². The minimum atomic E-state index is -0.609. The summed E-state index contributed by atoms with van der Waals surface area (Å²) in [6, 6.07) is 0. The second-order valence-corrected chi connectivity index (χ2v) is 6.91. The molecular weight excluding hydrogens is 240 g/mol. The smallest absolute Gasteiger partial charge is 0.333 e. The van der Waals surface area contributed by atoms with Gasteiger partial charge in [0.05, 0.1) is 12.7 Å². The Morgan fingerprint density at radius 1 is 1.32 bits per heavy atom. The molecule has 0 bridgehead atoms. The monoisotopic (exact) mass is 266 g/mol. The molecule has 0 spiro atoms. The van der Waals surface area contributed by atoms with Crippen LogP contribution in [0.25, 0.3) is 0 Å². The van der Waals surface area contributed by atoms with Crippen LogP contribution in [0, 0.1) is 17.3 Å². The van der Waals surface area contributed by atoms with Gasteiger partial charge in [-0.2, -0.15) is 0 Å². The van der Waals surface area contributed by atoms with Crippen LogP contribution in [0.5, 0.6) is 0 Å². The number of hydrogen-bond donors (Lipinski definition) is 1. The molecule has 0 aliphatic heterocycles. The summed E-state index contributed by atoms with van der Waals surface area (Å²) in [6.07, 6.45) is 6.06. The zero-order valence-corrected chi connectivity index (χ0v) is 12.4. The molecule has 2 aliphatic carbocycles. The Morgan fingerprint density at radius 2 is 2.00 bits per heavy atom. The Hall–Kier alpha value is -0.830. The third kappa shape index (κ3) is 2.58. The van der Waals surface area contributed by atoms with Gasteiger partial charge in [0.25, 0.3) is 0 Å². The topological polar surface area (TPSA) is 46.5 Å². The summed E-state index contributed by atoms with van der Waals surface area (Å²) in [5, 5.41) is 10.7. The summed E-state index contributed by atoms with van der Waals surface area (Å²) in [5.41, 5.74) is 0.183. The van der Waals surface area contributed by atoms with Crippen LogP contribution < -0.4 is 0 Å². The normalized spacial score (nSPS) is 42.3. The van der Waals surface area contributed by atoms with Gasteiger partial charge in [0.1, 0.15) is 0 Å².